The number of amides is 1. The van der Waals surface area contributed by atoms with Crippen LogP contribution in [-0.4, -0.2) is 68.2 Å². The lowest BCUT2D eigenvalue weighted by Crippen LogP contribution is -2.48. The number of methoxy groups -OCH3 is 3. The second-order valence-electron chi connectivity index (χ2n) is 7.34. The van der Waals surface area contributed by atoms with E-state index in [2.05, 4.69) is 9.88 Å². The van der Waals surface area contributed by atoms with Crippen LogP contribution in [0.15, 0.2) is 36.4 Å². The Morgan fingerprint density at radius 3 is 2.19 bits per heavy atom. The molecule has 1 saturated heterocycles. The number of nitro groups is 1. The number of nitrogens with zero attached hydrogens (tertiary/aromatic N) is 3. The summed E-state index contributed by atoms with van der Waals surface area (Å²) < 4.78 is 16.3. The van der Waals surface area contributed by atoms with E-state index < -0.39 is 4.92 Å². The number of H-pyrrole nitrogens is 1. The Kier molecular flexibility index (Phi) is 5.76. The van der Waals surface area contributed by atoms with Crippen molar-refractivity contribution >= 4 is 28.2 Å². The van der Waals surface area contributed by atoms with Crippen LogP contribution in [0.4, 0.5) is 11.4 Å². The molecule has 1 aliphatic rings. The van der Waals surface area contributed by atoms with Gasteiger partial charge in [-0.15, -0.1) is 0 Å². The van der Waals surface area contributed by atoms with E-state index in [1.807, 2.05) is 0 Å². The zero-order valence-corrected chi connectivity index (χ0v) is 18.1. The van der Waals surface area contributed by atoms with E-state index in [9.17, 15) is 14.9 Å². The van der Waals surface area contributed by atoms with Crippen molar-refractivity contribution in [1.82, 2.24) is 9.88 Å². The highest BCUT2D eigenvalue weighted by Crippen LogP contribution is 2.41. The Labute approximate surface area is 184 Å². The fourth-order valence-corrected chi connectivity index (χ4v) is 3.98. The summed E-state index contributed by atoms with van der Waals surface area (Å²) in [5, 5.41) is 11.6. The summed E-state index contributed by atoms with van der Waals surface area (Å²) in [4.78, 5) is 30.7. The molecule has 4 rings (SSSR count). The molecule has 0 spiro atoms. The Balaban J connectivity index is 1.52. The van der Waals surface area contributed by atoms with Gasteiger partial charge in [0.25, 0.3) is 11.6 Å². The summed E-state index contributed by atoms with van der Waals surface area (Å²) in [5.41, 5.74) is 2.03. The van der Waals surface area contributed by atoms with Crippen molar-refractivity contribution < 1.29 is 23.9 Å². The second kappa shape index (κ2) is 8.66. The fraction of sp³-hybridized carbons (Fsp3) is 0.318. The molecule has 10 nitrogen and oxygen atoms in total. The Hall–Kier alpha value is -3.95. The van der Waals surface area contributed by atoms with Gasteiger partial charge in [0.2, 0.25) is 0 Å². The number of carbonyl (C=O) groups is 1. The first-order valence-electron chi connectivity index (χ1n) is 10.1. The summed E-state index contributed by atoms with van der Waals surface area (Å²) in [6, 6.07) is 9.95. The van der Waals surface area contributed by atoms with Crippen LogP contribution in [0.25, 0.3) is 10.9 Å². The van der Waals surface area contributed by atoms with Crippen molar-refractivity contribution in [1.29, 1.82) is 0 Å². The van der Waals surface area contributed by atoms with Crippen LogP contribution in [0.3, 0.4) is 0 Å². The van der Waals surface area contributed by atoms with E-state index in [1.54, 1.807) is 50.5 Å². The van der Waals surface area contributed by atoms with Crippen LogP contribution in [0.2, 0.25) is 0 Å². The summed E-state index contributed by atoms with van der Waals surface area (Å²) in [7, 11) is 4.65. The normalized spacial score (nSPS) is 13.8. The number of hydrogen-bond acceptors (Lipinski definition) is 7. The van der Waals surface area contributed by atoms with E-state index in [1.165, 1.54) is 12.1 Å². The maximum absolute atomic E-state index is 13.2. The average molecular weight is 440 g/mol. The molecule has 32 heavy (non-hydrogen) atoms. The number of ether oxygens (including phenoxy) is 3. The van der Waals surface area contributed by atoms with Gasteiger partial charge in [-0.05, 0) is 18.2 Å². The van der Waals surface area contributed by atoms with Crippen LogP contribution in [0.5, 0.6) is 17.2 Å². The monoisotopic (exact) mass is 440 g/mol. The Morgan fingerprint density at radius 2 is 1.62 bits per heavy atom. The van der Waals surface area contributed by atoms with Gasteiger partial charge >= 0.3 is 0 Å². The minimum atomic E-state index is -0.416. The number of piperazine rings is 1. The van der Waals surface area contributed by atoms with Crippen molar-refractivity contribution in [3.8, 4) is 17.2 Å². The number of nitro benzene ring substituents is 1. The van der Waals surface area contributed by atoms with Gasteiger partial charge in [-0.25, -0.2) is 0 Å². The van der Waals surface area contributed by atoms with E-state index in [4.69, 9.17) is 14.2 Å². The molecular weight excluding hydrogens is 416 g/mol. The minimum Gasteiger partial charge on any atom is -0.496 e. The number of benzene rings is 2. The molecule has 0 unspecified atom stereocenters. The van der Waals surface area contributed by atoms with Gasteiger partial charge in [-0.3, -0.25) is 14.9 Å². The maximum Gasteiger partial charge on any atom is 0.270 e. The standard InChI is InChI=1S/C22H24N4O6/c1-30-18-13-19(31-2)21(32-3)20-16(18)12-17(23-20)22(27)25-10-8-24(9-11-25)14-4-6-15(7-5-14)26(28)29/h4-7,12-13,23H,8-11H2,1-3H3. The van der Waals surface area contributed by atoms with Gasteiger partial charge < -0.3 is 29.0 Å². The highest BCUT2D eigenvalue weighted by atomic mass is 16.6. The summed E-state index contributed by atoms with van der Waals surface area (Å²) in [6.45, 7) is 2.32. The number of fused-ring (bicyclic) bond motifs is 1. The van der Waals surface area contributed by atoms with Gasteiger partial charge in [0, 0.05) is 55.5 Å². The molecule has 1 aliphatic heterocycles. The number of aromatic nitrogens is 1. The molecule has 0 atom stereocenters. The van der Waals surface area contributed by atoms with E-state index >= 15 is 0 Å². The largest absolute Gasteiger partial charge is 0.496 e. The predicted octanol–water partition coefficient (Wildman–Crippen LogP) is 3.06. The van der Waals surface area contributed by atoms with E-state index in [0.717, 1.165) is 11.1 Å². The van der Waals surface area contributed by atoms with Gasteiger partial charge in [-0.2, -0.15) is 0 Å². The lowest BCUT2D eigenvalue weighted by atomic mass is 10.2. The topological polar surface area (TPSA) is 110 Å². The molecule has 1 N–H and O–H groups in total. The van der Waals surface area contributed by atoms with E-state index in [0.29, 0.717) is 54.6 Å². The third-order valence-corrected chi connectivity index (χ3v) is 5.66. The van der Waals surface area contributed by atoms with Crippen molar-refractivity contribution in [2.45, 2.75) is 0 Å². The molecular formula is C22H24N4O6. The Bertz CT molecular complexity index is 1150. The smallest absolute Gasteiger partial charge is 0.270 e. The zero-order chi connectivity index (χ0) is 22.8. The maximum atomic E-state index is 13.2. The predicted molar refractivity (Wildman–Crippen MR) is 119 cm³/mol. The first kappa shape index (κ1) is 21.3. The quantitative estimate of drug-likeness (QED) is 0.463. The molecule has 10 heteroatoms. The van der Waals surface area contributed by atoms with Crippen LogP contribution in [0, 0.1) is 10.1 Å². The molecule has 168 valence electrons. The van der Waals surface area contributed by atoms with Crippen LogP contribution in [0.1, 0.15) is 10.5 Å². The number of hydrogen-bond donors (Lipinski definition) is 1. The number of non-ortho nitro benzene ring substituents is 1. The number of aromatic amines is 1. The molecule has 2 heterocycles. The summed E-state index contributed by atoms with van der Waals surface area (Å²) >= 11 is 0. The molecule has 1 aromatic heterocycles. The average Bonchev–Trinajstić information content (AvgIpc) is 3.28. The van der Waals surface area contributed by atoms with Crippen LogP contribution in [-0.2, 0) is 0 Å². The molecule has 2 aromatic carbocycles. The van der Waals surface area contributed by atoms with Gasteiger partial charge in [-0.1, -0.05) is 0 Å². The molecule has 0 saturated carbocycles. The van der Waals surface area contributed by atoms with Gasteiger partial charge in [0.05, 0.1) is 31.8 Å². The van der Waals surface area contributed by atoms with Crippen molar-refractivity contribution in [2.24, 2.45) is 0 Å². The molecule has 0 radical (unpaired) electrons. The molecule has 1 fully saturated rings. The third kappa shape index (κ3) is 3.75. The SMILES string of the molecule is COc1cc(OC)c2cc(C(=O)N3CCN(c4ccc([N+](=O)[O-])cc4)CC3)[nH]c2c1OC. The minimum absolute atomic E-state index is 0.0591. The molecule has 0 aliphatic carbocycles. The first-order valence-corrected chi connectivity index (χ1v) is 10.1. The number of carbonyl (C=O) groups excluding carboxylic acids is 1. The third-order valence-electron chi connectivity index (χ3n) is 5.66. The number of anilines is 1. The summed E-state index contributed by atoms with van der Waals surface area (Å²) in [6.07, 6.45) is 0. The highest BCUT2D eigenvalue weighted by molar-refractivity contribution is 6.02. The Morgan fingerprint density at radius 1 is 0.969 bits per heavy atom. The van der Waals surface area contributed by atoms with Crippen LogP contribution >= 0.6 is 0 Å². The number of nitrogens with one attached hydrogen (secondary N) is 1. The molecule has 0 bridgehead atoms. The van der Waals surface area contributed by atoms with Gasteiger partial charge in [0.15, 0.2) is 11.5 Å². The van der Waals surface area contributed by atoms with Gasteiger partial charge in [0.1, 0.15) is 11.4 Å². The van der Waals surface area contributed by atoms with Crippen molar-refractivity contribution in [3.63, 3.8) is 0 Å². The zero-order valence-electron chi connectivity index (χ0n) is 18.1. The molecule has 3 aromatic rings. The van der Waals surface area contributed by atoms with Crippen molar-refractivity contribution in [3.05, 3.63) is 52.2 Å². The van der Waals surface area contributed by atoms with E-state index in [-0.39, 0.29) is 11.6 Å². The summed E-state index contributed by atoms with van der Waals surface area (Å²) in [5.74, 6) is 1.48. The first-order chi connectivity index (χ1) is 15.5. The fourth-order valence-electron chi connectivity index (χ4n) is 3.98. The number of rotatable bonds is 6. The lowest BCUT2D eigenvalue weighted by Gasteiger charge is -2.35. The lowest BCUT2D eigenvalue weighted by molar-refractivity contribution is -0.384. The van der Waals surface area contributed by atoms with Crippen LogP contribution < -0.4 is 19.1 Å². The van der Waals surface area contributed by atoms with Crippen molar-refractivity contribution in [2.75, 3.05) is 52.4 Å². The second-order valence-corrected chi connectivity index (χ2v) is 7.34. The highest BCUT2D eigenvalue weighted by Gasteiger charge is 2.26. The molecule has 1 amide bonds.